The van der Waals surface area contributed by atoms with E-state index in [4.69, 9.17) is 5.11 Å². The van der Waals surface area contributed by atoms with Crippen LogP contribution in [0.15, 0.2) is 24.4 Å². The van der Waals surface area contributed by atoms with Gasteiger partial charge in [0.2, 0.25) is 5.91 Å². The number of carbonyl (C=O) groups excluding carboxylic acids is 1. The molecule has 25 heavy (non-hydrogen) atoms. The standard InChI is InChI=1S/C16H16F2N4O3/c17-10-2-3-12(13(18)6-10)16(4-1-5-16)15(25)19-7-11-8-22(21-20-11)9-14(23)24/h2-3,6,8H,1,4-5,7,9H2,(H,19,25)(H,23,24). The SMILES string of the molecule is O=C(O)Cn1cc(CNC(=O)C2(c3ccc(F)cc3F)CCC2)nn1. The van der Waals surface area contributed by atoms with Crippen LogP contribution in [0.25, 0.3) is 0 Å². The van der Waals surface area contributed by atoms with Gasteiger partial charge in [0.1, 0.15) is 23.9 Å². The lowest BCUT2D eigenvalue weighted by molar-refractivity contribution is -0.138. The number of aliphatic carboxylic acids is 1. The lowest BCUT2D eigenvalue weighted by Crippen LogP contribution is -2.49. The third-order valence-corrected chi connectivity index (χ3v) is 4.40. The van der Waals surface area contributed by atoms with Gasteiger partial charge in [-0.15, -0.1) is 5.10 Å². The number of benzene rings is 1. The highest BCUT2D eigenvalue weighted by molar-refractivity contribution is 5.89. The maximum absolute atomic E-state index is 14.1. The van der Waals surface area contributed by atoms with Crippen LogP contribution in [0.2, 0.25) is 0 Å². The minimum absolute atomic E-state index is 0.0447. The highest BCUT2D eigenvalue weighted by atomic mass is 19.1. The minimum atomic E-state index is -1.05. The van der Waals surface area contributed by atoms with Gasteiger partial charge in [-0.25, -0.2) is 13.5 Å². The summed E-state index contributed by atoms with van der Waals surface area (Å²) in [4.78, 5) is 23.2. The highest BCUT2D eigenvalue weighted by Gasteiger charge is 2.47. The van der Waals surface area contributed by atoms with Crippen LogP contribution in [-0.4, -0.2) is 32.0 Å². The number of carboxylic acid groups (broad SMARTS) is 1. The molecule has 1 aromatic carbocycles. The van der Waals surface area contributed by atoms with Crippen LogP contribution < -0.4 is 5.32 Å². The van der Waals surface area contributed by atoms with Crippen LogP contribution in [0.5, 0.6) is 0 Å². The molecule has 3 rings (SSSR count). The summed E-state index contributed by atoms with van der Waals surface area (Å²) in [7, 11) is 0. The van der Waals surface area contributed by atoms with E-state index in [1.54, 1.807) is 0 Å². The van der Waals surface area contributed by atoms with Crippen LogP contribution in [0.3, 0.4) is 0 Å². The van der Waals surface area contributed by atoms with Crippen molar-refractivity contribution < 1.29 is 23.5 Å². The summed E-state index contributed by atoms with van der Waals surface area (Å²) in [6.07, 6.45) is 3.15. The van der Waals surface area contributed by atoms with Crippen molar-refractivity contribution in [2.75, 3.05) is 0 Å². The number of hydrogen-bond acceptors (Lipinski definition) is 4. The molecule has 2 N–H and O–H groups in total. The van der Waals surface area contributed by atoms with E-state index in [0.717, 1.165) is 23.2 Å². The van der Waals surface area contributed by atoms with Gasteiger partial charge >= 0.3 is 5.97 Å². The molecule has 0 saturated heterocycles. The fraction of sp³-hybridized carbons (Fsp3) is 0.375. The fourth-order valence-corrected chi connectivity index (χ4v) is 3.00. The topological polar surface area (TPSA) is 97.1 Å². The number of carboxylic acids is 1. The normalized spacial score (nSPS) is 15.4. The maximum Gasteiger partial charge on any atom is 0.325 e. The molecule has 1 amide bonds. The van der Waals surface area contributed by atoms with Crippen molar-refractivity contribution in [1.29, 1.82) is 0 Å². The number of aromatic nitrogens is 3. The first kappa shape index (κ1) is 17.0. The van der Waals surface area contributed by atoms with E-state index < -0.39 is 23.0 Å². The molecule has 0 atom stereocenters. The van der Waals surface area contributed by atoms with Crippen LogP contribution in [0, 0.1) is 11.6 Å². The Bertz CT molecular complexity index is 817. The molecule has 2 aromatic rings. The Morgan fingerprint density at radius 2 is 2.08 bits per heavy atom. The molecule has 132 valence electrons. The molecule has 1 saturated carbocycles. The maximum atomic E-state index is 14.1. The van der Waals surface area contributed by atoms with Crippen molar-refractivity contribution in [3.8, 4) is 0 Å². The molecular weight excluding hydrogens is 334 g/mol. The zero-order valence-electron chi connectivity index (χ0n) is 13.2. The van der Waals surface area contributed by atoms with Crippen molar-refractivity contribution in [3.63, 3.8) is 0 Å². The lowest BCUT2D eigenvalue weighted by Gasteiger charge is -2.40. The number of halogens is 2. The molecule has 9 heteroatoms. The van der Waals surface area contributed by atoms with Gasteiger partial charge in [-0.1, -0.05) is 17.7 Å². The van der Waals surface area contributed by atoms with Crippen LogP contribution in [0.4, 0.5) is 8.78 Å². The molecule has 1 aliphatic rings. The average Bonchev–Trinajstić information content (AvgIpc) is 2.92. The molecule has 0 radical (unpaired) electrons. The number of nitrogens with zero attached hydrogens (tertiary/aromatic N) is 3. The summed E-state index contributed by atoms with van der Waals surface area (Å²) in [5, 5.41) is 18.8. The largest absolute Gasteiger partial charge is 0.480 e. The quantitative estimate of drug-likeness (QED) is 0.820. The number of hydrogen-bond donors (Lipinski definition) is 2. The van der Waals surface area contributed by atoms with Crippen molar-refractivity contribution in [3.05, 3.63) is 47.3 Å². The Morgan fingerprint density at radius 1 is 1.32 bits per heavy atom. The predicted octanol–water partition coefficient (Wildman–Crippen LogP) is 1.38. The van der Waals surface area contributed by atoms with Crippen molar-refractivity contribution in [2.45, 2.75) is 37.8 Å². The second kappa shape index (κ2) is 6.58. The van der Waals surface area contributed by atoms with Gasteiger partial charge in [0.25, 0.3) is 0 Å². The van der Waals surface area contributed by atoms with Crippen molar-refractivity contribution >= 4 is 11.9 Å². The van der Waals surface area contributed by atoms with Crippen molar-refractivity contribution in [2.24, 2.45) is 0 Å². The first-order valence-corrected chi connectivity index (χ1v) is 7.75. The van der Waals surface area contributed by atoms with E-state index in [1.807, 2.05) is 0 Å². The zero-order chi connectivity index (χ0) is 18.0. The van der Waals surface area contributed by atoms with E-state index in [0.29, 0.717) is 18.5 Å². The molecule has 0 spiro atoms. The first-order valence-electron chi connectivity index (χ1n) is 7.75. The fourth-order valence-electron chi connectivity index (χ4n) is 3.00. The molecule has 1 aromatic heterocycles. The van der Waals surface area contributed by atoms with E-state index in [-0.39, 0.29) is 24.6 Å². The molecule has 0 bridgehead atoms. The van der Waals surface area contributed by atoms with E-state index in [2.05, 4.69) is 15.6 Å². The number of nitrogens with one attached hydrogen (secondary N) is 1. The minimum Gasteiger partial charge on any atom is -0.480 e. The summed E-state index contributed by atoms with van der Waals surface area (Å²) in [6, 6.07) is 3.23. The Labute approximate surface area is 141 Å². The van der Waals surface area contributed by atoms with Gasteiger partial charge in [0, 0.05) is 11.6 Å². The smallest absolute Gasteiger partial charge is 0.325 e. The zero-order valence-corrected chi connectivity index (χ0v) is 13.2. The van der Waals surface area contributed by atoms with Crippen LogP contribution >= 0.6 is 0 Å². The molecule has 0 unspecified atom stereocenters. The average molecular weight is 350 g/mol. The van der Waals surface area contributed by atoms with E-state index in [9.17, 15) is 18.4 Å². The third kappa shape index (κ3) is 3.35. The van der Waals surface area contributed by atoms with E-state index >= 15 is 0 Å². The molecule has 1 heterocycles. The van der Waals surface area contributed by atoms with Gasteiger partial charge in [-0.05, 0) is 18.9 Å². The first-order chi connectivity index (χ1) is 11.9. The molecule has 0 aliphatic heterocycles. The Morgan fingerprint density at radius 3 is 2.68 bits per heavy atom. The second-order valence-corrected chi connectivity index (χ2v) is 6.04. The summed E-state index contributed by atoms with van der Waals surface area (Å²) in [5.41, 5.74) is -0.426. The summed E-state index contributed by atoms with van der Waals surface area (Å²) < 4.78 is 28.4. The molecule has 1 aliphatic carbocycles. The number of amides is 1. The Balaban J connectivity index is 1.70. The number of rotatable bonds is 6. The number of carbonyl (C=O) groups is 2. The monoisotopic (exact) mass is 350 g/mol. The molecule has 1 fully saturated rings. The van der Waals surface area contributed by atoms with Crippen molar-refractivity contribution in [1.82, 2.24) is 20.3 Å². The lowest BCUT2D eigenvalue weighted by atomic mass is 9.63. The summed E-state index contributed by atoms with van der Waals surface area (Å²) in [5.74, 6) is -2.84. The highest BCUT2D eigenvalue weighted by Crippen LogP contribution is 2.45. The summed E-state index contributed by atoms with van der Waals surface area (Å²) in [6.45, 7) is -0.283. The molecular formula is C16H16F2N4O3. The third-order valence-electron chi connectivity index (χ3n) is 4.40. The Hall–Kier alpha value is -2.84. The van der Waals surface area contributed by atoms with Crippen LogP contribution in [-0.2, 0) is 28.1 Å². The van der Waals surface area contributed by atoms with Gasteiger partial charge < -0.3 is 10.4 Å². The van der Waals surface area contributed by atoms with Gasteiger partial charge in [-0.3, -0.25) is 9.59 Å². The van der Waals surface area contributed by atoms with Crippen LogP contribution in [0.1, 0.15) is 30.5 Å². The van der Waals surface area contributed by atoms with Gasteiger partial charge in [0.15, 0.2) is 0 Å². The van der Waals surface area contributed by atoms with Gasteiger partial charge in [0.05, 0.1) is 18.2 Å². The van der Waals surface area contributed by atoms with Gasteiger partial charge in [-0.2, -0.15) is 0 Å². The second-order valence-electron chi connectivity index (χ2n) is 6.04. The summed E-state index contributed by atoms with van der Waals surface area (Å²) >= 11 is 0. The Kier molecular flexibility index (Phi) is 4.47. The predicted molar refractivity (Wildman–Crippen MR) is 81.4 cm³/mol. The molecule has 7 nitrogen and oxygen atoms in total. The van der Waals surface area contributed by atoms with E-state index in [1.165, 1.54) is 12.3 Å².